The van der Waals surface area contributed by atoms with Gasteiger partial charge in [-0.15, -0.1) is 0 Å². The summed E-state index contributed by atoms with van der Waals surface area (Å²) in [4.78, 5) is 22.5. The van der Waals surface area contributed by atoms with Gasteiger partial charge >= 0.3 is 0 Å². The van der Waals surface area contributed by atoms with Gasteiger partial charge in [-0.3, -0.25) is 9.69 Å². The van der Waals surface area contributed by atoms with Gasteiger partial charge in [-0.2, -0.15) is 4.98 Å². The molecule has 0 saturated carbocycles. The van der Waals surface area contributed by atoms with Crippen molar-refractivity contribution in [3.05, 3.63) is 60.1 Å². The molecule has 3 heterocycles. The van der Waals surface area contributed by atoms with E-state index in [9.17, 15) is 9.90 Å². The third-order valence-electron chi connectivity index (χ3n) is 5.08. The van der Waals surface area contributed by atoms with Crippen LogP contribution in [0, 0.1) is 0 Å². The van der Waals surface area contributed by atoms with E-state index in [2.05, 4.69) is 20.2 Å². The molecule has 27 heavy (non-hydrogen) atoms. The van der Waals surface area contributed by atoms with Crippen molar-refractivity contribution in [3.63, 3.8) is 0 Å². The van der Waals surface area contributed by atoms with Crippen LogP contribution in [0.25, 0.3) is 11.2 Å². The smallest absolute Gasteiger partial charge is 0.217 e. The summed E-state index contributed by atoms with van der Waals surface area (Å²) in [5.41, 5.74) is 1.37. The molecule has 1 saturated heterocycles. The minimum atomic E-state index is -0.785. The minimum absolute atomic E-state index is 0.156. The van der Waals surface area contributed by atoms with Crippen LogP contribution in [0.3, 0.4) is 0 Å². The normalized spacial score (nSPS) is 23.4. The monoisotopic (exact) mass is 366 g/mol. The van der Waals surface area contributed by atoms with Crippen molar-refractivity contribution in [2.45, 2.75) is 31.5 Å². The molecular formula is C20H22N4O3. The maximum absolute atomic E-state index is 11.8. The van der Waals surface area contributed by atoms with Crippen LogP contribution in [-0.4, -0.2) is 45.1 Å². The third-order valence-corrected chi connectivity index (χ3v) is 5.08. The number of piperidine rings is 1. The average Bonchev–Trinajstić information content (AvgIpc) is 3.07. The van der Waals surface area contributed by atoms with Gasteiger partial charge in [-0.05, 0) is 24.1 Å². The van der Waals surface area contributed by atoms with Crippen molar-refractivity contribution >= 4 is 17.1 Å². The lowest BCUT2D eigenvalue weighted by Crippen LogP contribution is -2.61. The van der Waals surface area contributed by atoms with Gasteiger partial charge in [0.15, 0.2) is 11.2 Å². The third kappa shape index (κ3) is 3.43. The molecule has 140 valence electrons. The van der Waals surface area contributed by atoms with E-state index in [1.54, 1.807) is 6.20 Å². The van der Waals surface area contributed by atoms with Crippen LogP contribution in [0.4, 0.5) is 0 Å². The number of benzene rings is 1. The van der Waals surface area contributed by atoms with Crippen molar-refractivity contribution in [1.82, 2.24) is 20.2 Å². The SMILES string of the molecule is CC(=O)N[C@]1(c2ccccc2)CCN(Cc2nc3ncccc3o2)C[C@H]1O. The largest absolute Gasteiger partial charge is 0.438 e. The fourth-order valence-electron chi connectivity index (χ4n) is 3.81. The molecule has 0 bridgehead atoms. The second-order valence-corrected chi connectivity index (χ2v) is 6.95. The van der Waals surface area contributed by atoms with E-state index in [0.29, 0.717) is 43.2 Å². The summed E-state index contributed by atoms with van der Waals surface area (Å²) < 4.78 is 5.74. The van der Waals surface area contributed by atoms with Crippen molar-refractivity contribution in [1.29, 1.82) is 0 Å². The van der Waals surface area contributed by atoms with Gasteiger partial charge in [0, 0.05) is 26.2 Å². The number of aliphatic hydroxyl groups excluding tert-OH is 1. The Kier molecular flexibility index (Phi) is 4.63. The summed E-state index contributed by atoms with van der Waals surface area (Å²) in [6, 6.07) is 13.3. The average molecular weight is 366 g/mol. The molecule has 0 radical (unpaired) electrons. The maximum Gasteiger partial charge on any atom is 0.217 e. The first-order chi connectivity index (χ1) is 13.1. The van der Waals surface area contributed by atoms with E-state index in [0.717, 1.165) is 5.56 Å². The van der Waals surface area contributed by atoms with Crippen LogP contribution in [0.2, 0.25) is 0 Å². The predicted molar refractivity (Wildman–Crippen MR) is 99.6 cm³/mol. The zero-order chi connectivity index (χ0) is 18.9. The van der Waals surface area contributed by atoms with E-state index in [4.69, 9.17) is 4.42 Å². The van der Waals surface area contributed by atoms with E-state index >= 15 is 0 Å². The Morgan fingerprint density at radius 3 is 2.85 bits per heavy atom. The lowest BCUT2D eigenvalue weighted by Gasteiger charge is -2.46. The first kappa shape index (κ1) is 17.6. The zero-order valence-corrected chi connectivity index (χ0v) is 15.1. The van der Waals surface area contributed by atoms with E-state index < -0.39 is 11.6 Å². The van der Waals surface area contributed by atoms with E-state index in [1.807, 2.05) is 42.5 Å². The molecule has 0 aliphatic carbocycles. The van der Waals surface area contributed by atoms with Crippen molar-refractivity contribution < 1.29 is 14.3 Å². The first-order valence-electron chi connectivity index (χ1n) is 9.02. The number of β-amino-alcohol motifs (C(OH)–C–C–N with tert-alkyl or cyclic N) is 1. The van der Waals surface area contributed by atoms with Gasteiger partial charge in [0.1, 0.15) is 0 Å². The fourth-order valence-corrected chi connectivity index (χ4v) is 3.81. The van der Waals surface area contributed by atoms with Gasteiger partial charge in [0.25, 0.3) is 0 Å². The van der Waals surface area contributed by atoms with Gasteiger partial charge in [-0.1, -0.05) is 30.3 Å². The highest BCUT2D eigenvalue weighted by Gasteiger charge is 2.44. The van der Waals surface area contributed by atoms with Crippen molar-refractivity contribution in [2.75, 3.05) is 13.1 Å². The van der Waals surface area contributed by atoms with E-state index in [-0.39, 0.29) is 5.91 Å². The molecule has 4 rings (SSSR count). The standard InChI is InChI=1S/C20H22N4O3/c1-14(25)23-20(15-6-3-2-4-7-15)9-11-24(12-17(20)26)13-18-22-19-16(27-18)8-5-10-21-19/h2-8,10,17,26H,9,11-13H2,1H3,(H,23,25)/t17-,20+/m1/s1. The molecule has 2 aromatic heterocycles. The zero-order valence-electron chi connectivity index (χ0n) is 15.1. The number of carbonyl (C=O) groups excluding carboxylic acids is 1. The minimum Gasteiger partial charge on any atom is -0.438 e. The van der Waals surface area contributed by atoms with E-state index in [1.165, 1.54) is 6.92 Å². The molecule has 1 aromatic carbocycles. The number of pyridine rings is 1. The molecule has 1 fully saturated rings. The molecule has 1 amide bonds. The molecule has 2 N–H and O–H groups in total. The Labute approximate surface area is 157 Å². The highest BCUT2D eigenvalue weighted by atomic mass is 16.3. The molecule has 7 nitrogen and oxygen atoms in total. The highest BCUT2D eigenvalue weighted by Crippen LogP contribution is 2.34. The number of nitrogens with one attached hydrogen (secondary N) is 1. The van der Waals surface area contributed by atoms with Gasteiger partial charge in [-0.25, -0.2) is 4.98 Å². The number of likely N-dealkylation sites (tertiary alicyclic amines) is 1. The second kappa shape index (κ2) is 7.09. The van der Waals surface area contributed by atoms with Crippen LogP contribution >= 0.6 is 0 Å². The van der Waals surface area contributed by atoms with Crippen molar-refractivity contribution in [2.24, 2.45) is 0 Å². The van der Waals surface area contributed by atoms with Crippen LogP contribution in [0.15, 0.2) is 53.1 Å². The van der Waals surface area contributed by atoms with Crippen LogP contribution in [-0.2, 0) is 16.9 Å². The molecular weight excluding hydrogens is 344 g/mol. The summed E-state index contributed by atoms with van der Waals surface area (Å²) in [6.45, 7) is 3.06. The summed E-state index contributed by atoms with van der Waals surface area (Å²) >= 11 is 0. The topological polar surface area (TPSA) is 91.5 Å². The van der Waals surface area contributed by atoms with Gasteiger partial charge in [0.05, 0.1) is 18.2 Å². The summed E-state index contributed by atoms with van der Waals surface area (Å²) in [7, 11) is 0. The Hall–Kier alpha value is -2.77. The Bertz CT molecular complexity index is 910. The number of nitrogens with zero attached hydrogens (tertiary/aromatic N) is 3. The summed E-state index contributed by atoms with van der Waals surface area (Å²) in [5, 5.41) is 14.0. The van der Waals surface area contributed by atoms with Crippen LogP contribution < -0.4 is 5.32 Å². The Balaban J connectivity index is 1.54. The Morgan fingerprint density at radius 1 is 1.33 bits per heavy atom. The lowest BCUT2D eigenvalue weighted by atomic mass is 9.78. The summed E-state index contributed by atoms with van der Waals surface area (Å²) in [5.74, 6) is 0.416. The number of oxazole rings is 1. The highest BCUT2D eigenvalue weighted by molar-refractivity contribution is 5.74. The number of aliphatic hydroxyl groups is 1. The molecule has 2 atom stereocenters. The van der Waals surface area contributed by atoms with Gasteiger partial charge in [0.2, 0.25) is 11.8 Å². The number of fused-ring (bicyclic) bond motifs is 1. The molecule has 1 aliphatic rings. The quantitative estimate of drug-likeness (QED) is 0.732. The molecule has 7 heteroatoms. The number of hydrogen-bond donors (Lipinski definition) is 2. The Morgan fingerprint density at radius 2 is 2.15 bits per heavy atom. The predicted octanol–water partition coefficient (Wildman–Crippen LogP) is 1.82. The number of amides is 1. The fraction of sp³-hybridized carbons (Fsp3) is 0.350. The van der Waals surface area contributed by atoms with Crippen LogP contribution in [0.1, 0.15) is 24.8 Å². The summed E-state index contributed by atoms with van der Waals surface area (Å²) in [6.07, 6.45) is 1.53. The second-order valence-electron chi connectivity index (χ2n) is 6.95. The van der Waals surface area contributed by atoms with Crippen LogP contribution in [0.5, 0.6) is 0 Å². The number of aromatic nitrogens is 2. The number of rotatable bonds is 4. The number of hydrogen-bond acceptors (Lipinski definition) is 6. The molecule has 3 aromatic rings. The first-order valence-corrected chi connectivity index (χ1v) is 9.02. The van der Waals surface area contributed by atoms with Crippen molar-refractivity contribution in [3.8, 4) is 0 Å². The lowest BCUT2D eigenvalue weighted by molar-refractivity contribution is -0.125. The van der Waals surface area contributed by atoms with Gasteiger partial charge < -0.3 is 14.8 Å². The number of carbonyl (C=O) groups is 1. The molecule has 0 spiro atoms. The molecule has 1 aliphatic heterocycles. The molecule has 0 unspecified atom stereocenters. The maximum atomic E-state index is 11.8.